The highest BCUT2D eigenvalue weighted by atomic mass is 32.2. The van der Waals surface area contributed by atoms with E-state index in [0.717, 1.165) is 0 Å². The summed E-state index contributed by atoms with van der Waals surface area (Å²) in [5, 5.41) is 3.11. The molecule has 0 bridgehead atoms. The number of hydrogen-bond donors (Lipinski definition) is 1. The first kappa shape index (κ1) is 9.74. The Bertz CT molecular complexity index is 281. The van der Waals surface area contributed by atoms with E-state index < -0.39 is 9.84 Å². The van der Waals surface area contributed by atoms with Crippen LogP contribution in [0.5, 0.6) is 0 Å². The van der Waals surface area contributed by atoms with Gasteiger partial charge in [-0.05, 0) is 20.4 Å². The fourth-order valence-electron chi connectivity index (χ4n) is 1.20. The Morgan fingerprint density at radius 1 is 1.50 bits per heavy atom. The zero-order valence-electron chi connectivity index (χ0n) is 7.50. The Morgan fingerprint density at radius 2 is 2.17 bits per heavy atom. The molecule has 0 saturated heterocycles. The van der Waals surface area contributed by atoms with E-state index in [-0.39, 0.29) is 17.0 Å². The van der Waals surface area contributed by atoms with Gasteiger partial charge in [-0.3, -0.25) is 0 Å². The summed E-state index contributed by atoms with van der Waals surface area (Å²) in [4.78, 5) is 0. The monoisotopic (exact) mass is 189 g/mol. The normalized spacial score (nSPS) is 34.5. The zero-order valence-corrected chi connectivity index (χ0v) is 8.32. The van der Waals surface area contributed by atoms with Crippen molar-refractivity contribution in [1.29, 1.82) is 0 Å². The predicted octanol–water partition coefficient (Wildman–Crippen LogP) is 0.339. The molecule has 1 heterocycles. The van der Waals surface area contributed by atoms with Crippen LogP contribution in [-0.2, 0) is 9.84 Å². The molecule has 0 fully saturated rings. The summed E-state index contributed by atoms with van der Waals surface area (Å²) in [6.45, 7) is 2.00. The lowest BCUT2D eigenvalue weighted by Crippen LogP contribution is -2.38. The predicted molar refractivity (Wildman–Crippen MR) is 49.9 cm³/mol. The molecule has 4 heteroatoms. The van der Waals surface area contributed by atoms with Crippen LogP contribution < -0.4 is 5.32 Å². The first-order valence-corrected chi connectivity index (χ1v) is 5.87. The Morgan fingerprint density at radius 3 is 2.75 bits per heavy atom. The van der Waals surface area contributed by atoms with Crippen molar-refractivity contribution >= 4 is 9.84 Å². The van der Waals surface area contributed by atoms with Crippen LogP contribution in [-0.4, -0.2) is 32.5 Å². The standard InChI is InChI=1S/C8H15NO2S/c1-8(9-2)4-3-6-12(10,11)7-5-8/h3-4,9H,5-7H2,1-2H3/t8-/m0/s1. The van der Waals surface area contributed by atoms with E-state index in [2.05, 4.69) is 5.32 Å². The van der Waals surface area contributed by atoms with Crippen molar-refractivity contribution in [2.45, 2.75) is 18.9 Å². The van der Waals surface area contributed by atoms with Crippen LogP contribution in [0.4, 0.5) is 0 Å². The maximum atomic E-state index is 11.2. The van der Waals surface area contributed by atoms with Gasteiger partial charge in [0.2, 0.25) is 0 Å². The van der Waals surface area contributed by atoms with E-state index in [1.54, 1.807) is 6.08 Å². The molecule has 70 valence electrons. The van der Waals surface area contributed by atoms with E-state index in [0.29, 0.717) is 6.42 Å². The first-order valence-electron chi connectivity index (χ1n) is 4.04. The quantitative estimate of drug-likeness (QED) is 0.605. The third kappa shape index (κ3) is 2.32. The van der Waals surface area contributed by atoms with Gasteiger partial charge < -0.3 is 5.32 Å². The Hall–Kier alpha value is -0.350. The van der Waals surface area contributed by atoms with Crippen LogP contribution in [0, 0.1) is 0 Å². The van der Waals surface area contributed by atoms with Gasteiger partial charge in [-0.2, -0.15) is 0 Å². The number of rotatable bonds is 1. The first-order chi connectivity index (χ1) is 5.47. The van der Waals surface area contributed by atoms with Crippen molar-refractivity contribution < 1.29 is 8.42 Å². The van der Waals surface area contributed by atoms with Gasteiger partial charge in [-0.15, -0.1) is 0 Å². The molecule has 0 unspecified atom stereocenters. The lowest BCUT2D eigenvalue weighted by Gasteiger charge is -2.23. The topological polar surface area (TPSA) is 46.2 Å². The van der Waals surface area contributed by atoms with Crippen LogP contribution >= 0.6 is 0 Å². The summed E-state index contributed by atoms with van der Waals surface area (Å²) >= 11 is 0. The fourth-order valence-corrected chi connectivity index (χ4v) is 2.49. The minimum Gasteiger partial charge on any atom is -0.311 e. The highest BCUT2D eigenvalue weighted by molar-refractivity contribution is 7.91. The molecule has 3 nitrogen and oxygen atoms in total. The molecule has 1 atom stereocenters. The smallest absolute Gasteiger partial charge is 0.153 e. The van der Waals surface area contributed by atoms with Gasteiger partial charge >= 0.3 is 0 Å². The molecule has 0 aromatic rings. The van der Waals surface area contributed by atoms with Crippen molar-refractivity contribution in [3.05, 3.63) is 12.2 Å². The summed E-state index contributed by atoms with van der Waals surface area (Å²) in [6.07, 6.45) is 4.33. The molecular weight excluding hydrogens is 174 g/mol. The van der Waals surface area contributed by atoms with Crippen LogP contribution in [0.25, 0.3) is 0 Å². The molecule has 0 radical (unpaired) electrons. The second-order valence-electron chi connectivity index (χ2n) is 3.43. The average Bonchev–Trinajstić information content (AvgIpc) is 2.13. The summed E-state index contributed by atoms with van der Waals surface area (Å²) in [5.41, 5.74) is -0.149. The fraction of sp³-hybridized carbons (Fsp3) is 0.750. The molecule has 0 aromatic heterocycles. The number of nitrogens with one attached hydrogen (secondary N) is 1. The van der Waals surface area contributed by atoms with Crippen molar-refractivity contribution in [1.82, 2.24) is 5.32 Å². The second-order valence-corrected chi connectivity index (χ2v) is 5.66. The third-order valence-electron chi connectivity index (χ3n) is 2.34. The molecule has 12 heavy (non-hydrogen) atoms. The summed E-state index contributed by atoms with van der Waals surface area (Å²) in [7, 11) is -0.978. The van der Waals surface area contributed by atoms with Gasteiger partial charge in [0.15, 0.2) is 9.84 Å². The molecular formula is C8H15NO2S. The molecule has 0 saturated carbocycles. The Balaban J connectivity index is 2.81. The molecule has 0 amide bonds. The Labute approximate surface area is 73.8 Å². The average molecular weight is 189 g/mol. The molecule has 0 aliphatic carbocycles. The summed E-state index contributed by atoms with van der Waals surface area (Å²) in [6, 6.07) is 0. The van der Waals surface area contributed by atoms with Gasteiger partial charge in [0.05, 0.1) is 11.5 Å². The van der Waals surface area contributed by atoms with E-state index in [1.165, 1.54) is 0 Å². The minimum absolute atomic E-state index is 0.149. The maximum Gasteiger partial charge on any atom is 0.153 e. The van der Waals surface area contributed by atoms with E-state index in [9.17, 15) is 8.42 Å². The van der Waals surface area contributed by atoms with Crippen LogP contribution in [0.3, 0.4) is 0 Å². The Kier molecular flexibility index (Phi) is 2.58. The van der Waals surface area contributed by atoms with Gasteiger partial charge in [-0.1, -0.05) is 12.2 Å². The van der Waals surface area contributed by atoms with Crippen molar-refractivity contribution in [3.63, 3.8) is 0 Å². The SMILES string of the molecule is CN[C@@]1(C)C=CCS(=O)(=O)CC1. The zero-order chi connectivity index (χ0) is 9.24. The summed E-state index contributed by atoms with van der Waals surface area (Å²) < 4.78 is 22.4. The van der Waals surface area contributed by atoms with Gasteiger partial charge in [-0.25, -0.2) is 8.42 Å². The molecule has 1 aliphatic rings. The van der Waals surface area contributed by atoms with E-state index in [4.69, 9.17) is 0 Å². The van der Waals surface area contributed by atoms with Crippen molar-refractivity contribution in [2.75, 3.05) is 18.6 Å². The highest BCUT2D eigenvalue weighted by Gasteiger charge is 2.24. The number of sulfone groups is 1. The second kappa shape index (κ2) is 3.18. The molecule has 1 aliphatic heterocycles. The minimum atomic E-state index is -2.83. The van der Waals surface area contributed by atoms with Crippen molar-refractivity contribution in [2.24, 2.45) is 0 Å². The lowest BCUT2D eigenvalue weighted by atomic mass is 9.99. The van der Waals surface area contributed by atoms with Crippen LogP contribution in [0.15, 0.2) is 12.2 Å². The van der Waals surface area contributed by atoms with Crippen LogP contribution in [0.2, 0.25) is 0 Å². The highest BCUT2D eigenvalue weighted by Crippen LogP contribution is 2.16. The molecule has 0 aromatic carbocycles. The van der Waals surface area contributed by atoms with E-state index in [1.807, 2.05) is 20.0 Å². The summed E-state index contributed by atoms with van der Waals surface area (Å²) in [5.74, 6) is 0.460. The van der Waals surface area contributed by atoms with Crippen LogP contribution in [0.1, 0.15) is 13.3 Å². The number of hydrogen-bond acceptors (Lipinski definition) is 3. The lowest BCUT2D eigenvalue weighted by molar-refractivity contribution is 0.464. The van der Waals surface area contributed by atoms with E-state index >= 15 is 0 Å². The van der Waals surface area contributed by atoms with Crippen molar-refractivity contribution in [3.8, 4) is 0 Å². The van der Waals surface area contributed by atoms with Gasteiger partial charge in [0.25, 0.3) is 0 Å². The number of likely N-dealkylation sites (N-methyl/N-ethyl adjacent to an activating group) is 1. The van der Waals surface area contributed by atoms with Gasteiger partial charge in [0.1, 0.15) is 0 Å². The third-order valence-corrected chi connectivity index (χ3v) is 3.87. The molecule has 1 rings (SSSR count). The molecule has 0 spiro atoms. The largest absolute Gasteiger partial charge is 0.311 e. The molecule has 1 N–H and O–H groups in total. The van der Waals surface area contributed by atoms with Gasteiger partial charge in [0, 0.05) is 5.54 Å². The maximum absolute atomic E-state index is 11.2.